The predicted molar refractivity (Wildman–Crippen MR) is 109 cm³/mol. The van der Waals surface area contributed by atoms with Crippen LogP contribution in [0.25, 0.3) is 0 Å². The van der Waals surface area contributed by atoms with Crippen LogP contribution in [0.5, 0.6) is 0 Å². The van der Waals surface area contributed by atoms with Crippen LogP contribution in [-0.2, 0) is 10.0 Å². The molecule has 9 heteroatoms. The minimum absolute atomic E-state index is 0.0133. The minimum atomic E-state index is -3.81. The Morgan fingerprint density at radius 2 is 1.96 bits per heavy atom. The van der Waals surface area contributed by atoms with E-state index in [2.05, 4.69) is 21.0 Å². The molecule has 1 aliphatic rings. The van der Waals surface area contributed by atoms with E-state index in [0.717, 1.165) is 25.9 Å². The maximum Gasteiger partial charge on any atom is 0.287 e. The topological polar surface area (TPSA) is 91.6 Å². The number of rotatable bonds is 7. The molecular weight excluding hydrogens is 398 g/mol. The summed E-state index contributed by atoms with van der Waals surface area (Å²) in [4.78, 5) is 16.1. The summed E-state index contributed by atoms with van der Waals surface area (Å²) in [6.45, 7) is 7.70. The molecule has 2 aromatic heterocycles. The van der Waals surface area contributed by atoms with Gasteiger partial charge in [-0.1, -0.05) is 6.07 Å². The highest BCUT2D eigenvalue weighted by Crippen LogP contribution is 2.28. The van der Waals surface area contributed by atoms with Gasteiger partial charge in [0.1, 0.15) is 0 Å². The van der Waals surface area contributed by atoms with Crippen molar-refractivity contribution in [1.29, 1.82) is 0 Å². The Kier molecular flexibility index (Phi) is 6.28. The normalized spacial score (nSPS) is 17.0. The molecule has 3 heterocycles. The van der Waals surface area contributed by atoms with Crippen molar-refractivity contribution in [2.45, 2.75) is 50.3 Å². The second-order valence-corrected chi connectivity index (χ2v) is 10.6. The number of likely N-dealkylation sites (tertiary alicyclic amines) is 1. The lowest BCUT2D eigenvalue weighted by atomic mass is 10.1. The molecule has 1 unspecified atom stereocenters. The van der Waals surface area contributed by atoms with E-state index in [1.54, 1.807) is 32.1 Å². The average Bonchev–Trinajstić information content (AvgIpc) is 3.35. The van der Waals surface area contributed by atoms with Crippen LogP contribution in [0.2, 0.25) is 0 Å². The van der Waals surface area contributed by atoms with E-state index >= 15 is 0 Å². The van der Waals surface area contributed by atoms with Gasteiger partial charge in [-0.05, 0) is 70.3 Å². The van der Waals surface area contributed by atoms with Gasteiger partial charge in [0.25, 0.3) is 15.9 Å². The highest BCUT2D eigenvalue weighted by atomic mass is 32.2. The van der Waals surface area contributed by atoms with E-state index in [4.69, 9.17) is 4.42 Å². The van der Waals surface area contributed by atoms with Gasteiger partial charge in [-0.25, -0.2) is 13.1 Å². The van der Waals surface area contributed by atoms with Crippen LogP contribution in [0, 0.1) is 0 Å². The molecule has 0 aromatic carbocycles. The zero-order valence-corrected chi connectivity index (χ0v) is 18.0. The van der Waals surface area contributed by atoms with Gasteiger partial charge in [0.05, 0.1) is 6.04 Å². The molecule has 154 valence electrons. The molecule has 1 fully saturated rings. The third kappa shape index (κ3) is 5.22. The molecule has 1 saturated heterocycles. The van der Waals surface area contributed by atoms with Gasteiger partial charge in [0.2, 0.25) is 5.09 Å². The summed E-state index contributed by atoms with van der Waals surface area (Å²) < 4.78 is 32.5. The Bertz CT molecular complexity index is 892. The lowest BCUT2D eigenvalue weighted by Gasteiger charge is -2.26. The van der Waals surface area contributed by atoms with Gasteiger partial charge >= 0.3 is 0 Å². The number of furan rings is 1. The first-order valence-corrected chi connectivity index (χ1v) is 11.7. The molecule has 1 amide bonds. The number of hydrogen-bond donors (Lipinski definition) is 2. The Hall–Kier alpha value is -1.68. The molecule has 0 saturated carbocycles. The number of carbonyl (C=O) groups is 1. The third-order valence-electron chi connectivity index (χ3n) is 4.42. The number of carbonyl (C=O) groups excluding carboxylic acids is 1. The van der Waals surface area contributed by atoms with Crippen molar-refractivity contribution in [1.82, 2.24) is 14.9 Å². The maximum absolute atomic E-state index is 12.5. The summed E-state index contributed by atoms with van der Waals surface area (Å²) in [6, 6.07) is 6.90. The van der Waals surface area contributed by atoms with Crippen molar-refractivity contribution in [2.24, 2.45) is 0 Å². The van der Waals surface area contributed by atoms with Crippen LogP contribution < -0.4 is 10.0 Å². The SMILES string of the molecule is CC(C)(C)NS(=O)(=O)c1ccc(C(=O)NCC(c2cccs2)N2CCCC2)o1. The van der Waals surface area contributed by atoms with Crippen molar-refractivity contribution < 1.29 is 17.6 Å². The Balaban J connectivity index is 1.67. The van der Waals surface area contributed by atoms with E-state index in [0.29, 0.717) is 6.54 Å². The molecule has 7 nitrogen and oxygen atoms in total. The lowest BCUT2D eigenvalue weighted by Crippen LogP contribution is -2.40. The van der Waals surface area contributed by atoms with Gasteiger partial charge in [-0.2, -0.15) is 0 Å². The van der Waals surface area contributed by atoms with E-state index in [9.17, 15) is 13.2 Å². The molecule has 2 N–H and O–H groups in total. The minimum Gasteiger partial charge on any atom is -0.438 e. The first-order valence-electron chi connectivity index (χ1n) is 9.35. The van der Waals surface area contributed by atoms with Gasteiger partial charge in [0.15, 0.2) is 5.76 Å². The standard InChI is InChI=1S/C19H27N3O4S2/c1-19(2,3)21-28(24,25)17-9-8-15(26-17)18(23)20-13-14(16-7-6-12-27-16)22-10-4-5-11-22/h6-9,12,14,21H,4-5,10-11,13H2,1-3H3,(H,20,23). The van der Waals surface area contributed by atoms with Crippen molar-refractivity contribution in [3.8, 4) is 0 Å². The highest BCUT2D eigenvalue weighted by Gasteiger charge is 2.28. The summed E-state index contributed by atoms with van der Waals surface area (Å²) in [5.74, 6) is -0.432. The maximum atomic E-state index is 12.5. The monoisotopic (exact) mass is 425 g/mol. The first-order chi connectivity index (χ1) is 13.2. The number of thiophene rings is 1. The molecule has 28 heavy (non-hydrogen) atoms. The summed E-state index contributed by atoms with van der Waals surface area (Å²) in [5, 5.41) is 4.67. The van der Waals surface area contributed by atoms with Gasteiger partial charge < -0.3 is 9.73 Å². The zero-order valence-electron chi connectivity index (χ0n) is 16.4. The van der Waals surface area contributed by atoms with Crippen LogP contribution in [0.4, 0.5) is 0 Å². The van der Waals surface area contributed by atoms with E-state index in [1.165, 1.54) is 17.0 Å². The van der Waals surface area contributed by atoms with Crippen molar-refractivity contribution in [2.75, 3.05) is 19.6 Å². The number of nitrogens with one attached hydrogen (secondary N) is 2. The van der Waals surface area contributed by atoms with Crippen molar-refractivity contribution >= 4 is 27.3 Å². The summed E-state index contributed by atoms with van der Waals surface area (Å²) in [7, 11) is -3.81. The predicted octanol–water partition coefficient (Wildman–Crippen LogP) is 2.98. The molecule has 0 aliphatic carbocycles. The fraction of sp³-hybridized carbons (Fsp3) is 0.526. The summed E-state index contributed by atoms with van der Waals surface area (Å²) in [6.07, 6.45) is 2.33. The van der Waals surface area contributed by atoms with E-state index in [1.807, 2.05) is 11.4 Å². The third-order valence-corrected chi connectivity index (χ3v) is 7.02. The first kappa shape index (κ1) is 21.0. The van der Waals surface area contributed by atoms with Crippen LogP contribution in [0.15, 0.2) is 39.2 Å². The Labute approximate surface area is 170 Å². The molecule has 3 rings (SSSR count). The molecule has 1 atom stereocenters. The second kappa shape index (κ2) is 8.36. The lowest BCUT2D eigenvalue weighted by molar-refractivity contribution is 0.0905. The summed E-state index contributed by atoms with van der Waals surface area (Å²) in [5.41, 5.74) is -0.641. The fourth-order valence-corrected chi connectivity index (χ4v) is 5.47. The quantitative estimate of drug-likeness (QED) is 0.712. The van der Waals surface area contributed by atoms with Gasteiger partial charge in [-0.15, -0.1) is 11.3 Å². The highest BCUT2D eigenvalue weighted by molar-refractivity contribution is 7.89. The largest absolute Gasteiger partial charge is 0.438 e. The smallest absolute Gasteiger partial charge is 0.287 e. The fourth-order valence-electron chi connectivity index (χ4n) is 3.26. The van der Waals surface area contributed by atoms with Crippen LogP contribution >= 0.6 is 11.3 Å². The number of sulfonamides is 1. The Morgan fingerprint density at radius 3 is 2.57 bits per heavy atom. The number of nitrogens with zero attached hydrogens (tertiary/aromatic N) is 1. The van der Waals surface area contributed by atoms with E-state index < -0.39 is 21.5 Å². The number of hydrogen-bond acceptors (Lipinski definition) is 6. The van der Waals surface area contributed by atoms with Crippen LogP contribution in [0.3, 0.4) is 0 Å². The summed E-state index contributed by atoms with van der Waals surface area (Å²) >= 11 is 1.67. The molecule has 0 bridgehead atoms. The molecular formula is C19H27N3O4S2. The molecule has 0 radical (unpaired) electrons. The zero-order chi connectivity index (χ0) is 20.4. The molecule has 2 aromatic rings. The van der Waals surface area contributed by atoms with Gasteiger partial charge in [0, 0.05) is 17.0 Å². The van der Waals surface area contributed by atoms with Gasteiger partial charge in [-0.3, -0.25) is 9.69 Å². The molecule has 1 aliphatic heterocycles. The van der Waals surface area contributed by atoms with Crippen LogP contribution in [0.1, 0.15) is 55.1 Å². The second-order valence-electron chi connectivity index (χ2n) is 7.96. The number of amides is 1. The Morgan fingerprint density at radius 1 is 1.25 bits per heavy atom. The average molecular weight is 426 g/mol. The van der Waals surface area contributed by atoms with E-state index in [-0.39, 0.29) is 16.9 Å². The van der Waals surface area contributed by atoms with Crippen molar-refractivity contribution in [3.63, 3.8) is 0 Å². The van der Waals surface area contributed by atoms with Crippen molar-refractivity contribution in [3.05, 3.63) is 40.3 Å². The van der Waals surface area contributed by atoms with Crippen LogP contribution in [-0.4, -0.2) is 44.4 Å². The molecule has 0 spiro atoms.